The van der Waals surface area contributed by atoms with Crippen molar-refractivity contribution in [3.63, 3.8) is 0 Å². The summed E-state index contributed by atoms with van der Waals surface area (Å²) in [5.74, 6) is 0. The number of nitrogens with one attached hydrogen (secondary N) is 2. The van der Waals surface area contributed by atoms with Gasteiger partial charge in [0.05, 0.1) is 26.3 Å². The zero-order valence-electron chi connectivity index (χ0n) is 17.5. The zero-order valence-corrected chi connectivity index (χ0v) is 17.5. The average Bonchev–Trinajstić information content (AvgIpc) is 2.83. The molecule has 0 aliphatic carbocycles. The summed E-state index contributed by atoms with van der Waals surface area (Å²) in [5, 5.41) is 24.2. The molecule has 0 aliphatic rings. The molecule has 4 amide bonds. The van der Waals surface area contributed by atoms with Crippen molar-refractivity contribution in [2.75, 3.05) is 46.7 Å². The Morgan fingerprint density at radius 2 is 0.938 bits per heavy atom. The van der Waals surface area contributed by atoms with E-state index in [2.05, 4.69) is 10.6 Å². The van der Waals surface area contributed by atoms with Crippen molar-refractivity contribution in [1.82, 2.24) is 0 Å². The Hall–Kier alpha value is -3.88. The van der Waals surface area contributed by atoms with Crippen molar-refractivity contribution in [3.05, 3.63) is 84.9 Å². The summed E-state index contributed by atoms with van der Waals surface area (Å²) in [6.45, 7) is -0.0214. The van der Waals surface area contributed by atoms with E-state index < -0.39 is 0 Å². The molecule has 0 spiro atoms. The fourth-order valence-electron chi connectivity index (χ4n) is 3.13. The van der Waals surface area contributed by atoms with Gasteiger partial charge in [-0.05, 0) is 48.5 Å². The molecule has 0 radical (unpaired) electrons. The van der Waals surface area contributed by atoms with Gasteiger partial charge in [-0.3, -0.25) is 9.80 Å². The van der Waals surface area contributed by atoms with Crippen molar-refractivity contribution < 1.29 is 19.8 Å². The molecule has 3 aromatic rings. The lowest BCUT2D eigenvalue weighted by molar-refractivity contribution is 0.251. The van der Waals surface area contributed by atoms with Crippen LogP contribution in [-0.4, -0.2) is 48.6 Å². The van der Waals surface area contributed by atoms with Gasteiger partial charge in [0.1, 0.15) is 0 Å². The lowest BCUT2D eigenvalue weighted by Crippen LogP contribution is -2.37. The van der Waals surface area contributed by atoms with Gasteiger partial charge >= 0.3 is 12.1 Å². The standard InChI is InChI=1S/C24H26N4O4/c29-17-15-27(21-7-3-1-4-8-21)23(31)25-19-11-13-20(14-12-19)26-24(32)28(16-18-30)22-9-5-2-6-10-22/h1-14,29-30H,15-18H2,(H,25,31)(H,26,32). The van der Waals surface area contributed by atoms with E-state index >= 15 is 0 Å². The first kappa shape index (κ1) is 22.8. The highest BCUT2D eigenvalue weighted by Crippen LogP contribution is 2.19. The van der Waals surface area contributed by atoms with Crippen LogP contribution in [-0.2, 0) is 0 Å². The quantitative estimate of drug-likeness (QED) is 0.433. The minimum Gasteiger partial charge on any atom is -0.395 e. The topological polar surface area (TPSA) is 105 Å². The maximum absolute atomic E-state index is 12.7. The van der Waals surface area contributed by atoms with Crippen LogP contribution in [0.3, 0.4) is 0 Å². The molecule has 0 fully saturated rings. The largest absolute Gasteiger partial charge is 0.395 e. The molecule has 4 N–H and O–H groups in total. The number of aliphatic hydroxyl groups is 2. The first-order chi connectivity index (χ1) is 15.6. The molecule has 0 saturated carbocycles. The van der Waals surface area contributed by atoms with Crippen LogP contribution in [0.5, 0.6) is 0 Å². The van der Waals surface area contributed by atoms with Crippen molar-refractivity contribution in [3.8, 4) is 0 Å². The number of hydrogen-bond acceptors (Lipinski definition) is 4. The number of anilines is 4. The van der Waals surface area contributed by atoms with E-state index in [4.69, 9.17) is 0 Å². The Labute approximate surface area is 186 Å². The van der Waals surface area contributed by atoms with Gasteiger partial charge in [0.25, 0.3) is 0 Å². The van der Waals surface area contributed by atoms with E-state index in [9.17, 15) is 19.8 Å². The molecular weight excluding hydrogens is 408 g/mol. The highest BCUT2D eigenvalue weighted by molar-refractivity contribution is 6.03. The van der Waals surface area contributed by atoms with Gasteiger partial charge in [-0.2, -0.15) is 0 Å². The average molecular weight is 434 g/mol. The van der Waals surface area contributed by atoms with E-state index in [0.29, 0.717) is 22.7 Å². The molecule has 0 atom stereocenters. The fourth-order valence-corrected chi connectivity index (χ4v) is 3.13. The predicted molar refractivity (Wildman–Crippen MR) is 126 cm³/mol. The molecule has 3 aromatic carbocycles. The second kappa shape index (κ2) is 11.5. The van der Waals surface area contributed by atoms with Gasteiger partial charge in [0.2, 0.25) is 0 Å². The van der Waals surface area contributed by atoms with Gasteiger partial charge in [-0.25, -0.2) is 9.59 Å². The zero-order chi connectivity index (χ0) is 22.8. The highest BCUT2D eigenvalue weighted by atomic mass is 16.3. The van der Waals surface area contributed by atoms with Gasteiger partial charge in [-0.15, -0.1) is 0 Å². The summed E-state index contributed by atoms with van der Waals surface area (Å²) in [6.07, 6.45) is 0. The molecule has 0 bridgehead atoms. The van der Waals surface area contributed by atoms with Crippen LogP contribution in [0.15, 0.2) is 84.9 Å². The van der Waals surface area contributed by atoms with Crippen LogP contribution in [0.2, 0.25) is 0 Å². The Morgan fingerprint density at radius 3 is 1.25 bits per heavy atom. The molecule has 166 valence electrons. The lowest BCUT2D eigenvalue weighted by atomic mass is 10.2. The second-order valence-corrected chi connectivity index (χ2v) is 6.86. The van der Waals surface area contributed by atoms with E-state index in [1.54, 1.807) is 48.5 Å². The van der Waals surface area contributed by atoms with E-state index in [-0.39, 0.29) is 38.4 Å². The molecule has 3 rings (SSSR count). The summed E-state index contributed by atoms with van der Waals surface area (Å²) in [5.41, 5.74) is 2.44. The Morgan fingerprint density at radius 1 is 0.594 bits per heavy atom. The number of carbonyl (C=O) groups excluding carboxylic acids is 2. The van der Waals surface area contributed by atoms with E-state index in [0.717, 1.165) is 0 Å². The lowest BCUT2D eigenvalue weighted by Gasteiger charge is -2.23. The smallest absolute Gasteiger partial charge is 0.326 e. The molecule has 8 nitrogen and oxygen atoms in total. The molecule has 0 unspecified atom stereocenters. The van der Waals surface area contributed by atoms with Crippen LogP contribution in [0, 0.1) is 0 Å². The van der Waals surface area contributed by atoms with Crippen molar-refractivity contribution in [2.24, 2.45) is 0 Å². The normalized spacial score (nSPS) is 10.3. The number of aliphatic hydroxyl groups excluding tert-OH is 2. The summed E-state index contributed by atoms with van der Waals surface area (Å²) in [6, 6.07) is 24.1. The van der Waals surface area contributed by atoms with Crippen LogP contribution in [0.4, 0.5) is 32.3 Å². The predicted octanol–water partition coefficient (Wildman–Crippen LogP) is 3.75. The van der Waals surface area contributed by atoms with Crippen molar-refractivity contribution in [1.29, 1.82) is 0 Å². The van der Waals surface area contributed by atoms with Crippen molar-refractivity contribution in [2.45, 2.75) is 0 Å². The molecule has 0 aliphatic heterocycles. The monoisotopic (exact) mass is 434 g/mol. The SMILES string of the molecule is O=C(Nc1ccc(NC(=O)N(CCO)c2ccccc2)cc1)N(CCO)c1ccccc1. The minimum absolute atomic E-state index is 0.157. The molecule has 32 heavy (non-hydrogen) atoms. The number of urea groups is 2. The van der Waals surface area contributed by atoms with Gasteiger partial charge < -0.3 is 20.8 Å². The maximum Gasteiger partial charge on any atom is 0.326 e. The number of rotatable bonds is 8. The number of benzene rings is 3. The van der Waals surface area contributed by atoms with Gasteiger partial charge in [-0.1, -0.05) is 36.4 Å². The third kappa shape index (κ3) is 6.07. The third-order valence-electron chi connectivity index (χ3n) is 4.66. The Kier molecular flexibility index (Phi) is 8.19. The van der Waals surface area contributed by atoms with Gasteiger partial charge in [0, 0.05) is 22.7 Å². The first-order valence-corrected chi connectivity index (χ1v) is 10.2. The van der Waals surface area contributed by atoms with Crippen LogP contribution >= 0.6 is 0 Å². The number of hydrogen-bond donors (Lipinski definition) is 4. The van der Waals surface area contributed by atoms with Gasteiger partial charge in [0.15, 0.2) is 0 Å². The molecule has 0 heterocycles. The Balaban J connectivity index is 1.65. The maximum atomic E-state index is 12.7. The fraction of sp³-hybridized carbons (Fsp3) is 0.167. The van der Waals surface area contributed by atoms with E-state index in [1.807, 2.05) is 36.4 Å². The highest BCUT2D eigenvalue weighted by Gasteiger charge is 2.17. The summed E-state index contributed by atoms with van der Waals surface area (Å²) in [4.78, 5) is 28.3. The first-order valence-electron chi connectivity index (χ1n) is 10.2. The minimum atomic E-state index is -0.375. The number of carbonyl (C=O) groups is 2. The summed E-state index contributed by atoms with van der Waals surface area (Å²) in [7, 11) is 0. The number of nitrogens with zero attached hydrogens (tertiary/aromatic N) is 2. The number of amides is 4. The van der Waals surface area contributed by atoms with Crippen LogP contribution in [0.25, 0.3) is 0 Å². The third-order valence-corrected chi connectivity index (χ3v) is 4.66. The van der Waals surface area contributed by atoms with Crippen LogP contribution < -0.4 is 20.4 Å². The molecule has 0 saturated heterocycles. The van der Waals surface area contributed by atoms with Crippen LogP contribution in [0.1, 0.15) is 0 Å². The summed E-state index contributed by atoms with van der Waals surface area (Å²) >= 11 is 0. The molecule has 0 aromatic heterocycles. The number of para-hydroxylation sites is 2. The summed E-state index contributed by atoms with van der Waals surface area (Å²) < 4.78 is 0. The molecular formula is C24H26N4O4. The van der Waals surface area contributed by atoms with Crippen molar-refractivity contribution >= 4 is 34.8 Å². The molecule has 8 heteroatoms. The Bertz CT molecular complexity index is 915. The van der Waals surface area contributed by atoms with E-state index in [1.165, 1.54) is 9.80 Å². The second-order valence-electron chi connectivity index (χ2n) is 6.86.